The number of non-ortho nitro benzene ring substituents is 1. The van der Waals surface area contributed by atoms with Gasteiger partial charge in [-0.05, 0) is 12.1 Å². The molecule has 3 rings (SSSR count). The molecule has 2 aliphatic rings. The Morgan fingerprint density at radius 2 is 1.38 bits per heavy atom. The highest BCUT2D eigenvalue weighted by molar-refractivity contribution is 5.36. The van der Waals surface area contributed by atoms with Crippen molar-refractivity contribution in [1.82, 2.24) is 0 Å². The van der Waals surface area contributed by atoms with E-state index in [1.54, 1.807) is 0 Å². The van der Waals surface area contributed by atoms with Gasteiger partial charge >= 0.3 is 0 Å². The number of nitrogens with zero attached hydrogens (tertiary/aromatic N) is 1. The number of nitro benzene ring substituents is 1. The average Bonchev–Trinajstić information content (AvgIpc) is 2.79. The molecule has 2 aliphatic heterocycles. The van der Waals surface area contributed by atoms with Crippen LogP contribution in [-0.2, 0) is 14.2 Å². The molecule has 0 aromatic heterocycles. The summed E-state index contributed by atoms with van der Waals surface area (Å²) in [4.78, 5) is 10.1. The topological polar surface area (TPSA) is 222 Å². The fourth-order valence-electron chi connectivity index (χ4n) is 3.43. The van der Waals surface area contributed by atoms with Crippen LogP contribution >= 0.6 is 0 Å². The first-order valence-electron chi connectivity index (χ1n) is 9.67. The van der Waals surface area contributed by atoms with Crippen LogP contribution in [0.3, 0.4) is 0 Å². The van der Waals surface area contributed by atoms with Crippen molar-refractivity contribution in [3.8, 4) is 5.75 Å². The molecule has 0 radical (unpaired) electrons. The third-order valence-corrected chi connectivity index (χ3v) is 5.26. The van der Waals surface area contributed by atoms with E-state index >= 15 is 0 Å². The lowest BCUT2D eigenvalue weighted by Crippen LogP contribution is -2.65. The summed E-state index contributed by atoms with van der Waals surface area (Å²) in [6, 6.07) is 4.83. The molecule has 14 heteroatoms. The molecule has 0 aliphatic carbocycles. The van der Waals surface area contributed by atoms with Gasteiger partial charge in [-0.3, -0.25) is 10.1 Å². The largest absolute Gasteiger partial charge is 0.462 e. The maximum atomic E-state index is 10.7. The summed E-state index contributed by atoms with van der Waals surface area (Å²) in [5, 5.41) is 80.4. The van der Waals surface area contributed by atoms with Crippen molar-refractivity contribution in [2.24, 2.45) is 0 Å². The van der Waals surface area contributed by atoms with Crippen LogP contribution in [-0.4, -0.2) is 115 Å². The van der Waals surface area contributed by atoms with Gasteiger partial charge in [-0.1, -0.05) is 0 Å². The van der Waals surface area contributed by atoms with Gasteiger partial charge in [0, 0.05) is 12.1 Å². The molecule has 2 fully saturated rings. The minimum absolute atomic E-state index is 0.0804. The van der Waals surface area contributed by atoms with Crippen molar-refractivity contribution < 1.29 is 59.6 Å². The Morgan fingerprint density at radius 1 is 0.812 bits per heavy atom. The zero-order valence-corrected chi connectivity index (χ0v) is 16.5. The van der Waals surface area contributed by atoms with E-state index in [0.717, 1.165) is 12.1 Å². The maximum absolute atomic E-state index is 10.7. The van der Waals surface area contributed by atoms with E-state index in [4.69, 9.17) is 18.9 Å². The second-order valence-electron chi connectivity index (χ2n) is 7.37. The van der Waals surface area contributed by atoms with E-state index in [1.807, 2.05) is 0 Å². The Kier molecular flexibility index (Phi) is 7.94. The highest BCUT2D eigenvalue weighted by Gasteiger charge is 2.51. The smallest absolute Gasteiger partial charge is 0.269 e. The predicted molar refractivity (Wildman–Crippen MR) is 100 cm³/mol. The Labute approximate surface area is 180 Å². The van der Waals surface area contributed by atoms with Gasteiger partial charge in [-0.2, -0.15) is 0 Å². The van der Waals surface area contributed by atoms with E-state index in [2.05, 4.69) is 0 Å². The molecule has 14 nitrogen and oxygen atoms in total. The zero-order chi connectivity index (χ0) is 23.6. The van der Waals surface area contributed by atoms with Crippen molar-refractivity contribution in [2.75, 3.05) is 13.2 Å². The van der Waals surface area contributed by atoms with Gasteiger partial charge in [0.1, 0.15) is 54.6 Å². The summed E-state index contributed by atoms with van der Waals surface area (Å²) in [7, 11) is 0. The molecule has 180 valence electrons. The van der Waals surface area contributed by atoms with Crippen LogP contribution in [0, 0.1) is 10.1 Å². The lowest BCUT2D eigenvalue weighted by Gasteiger charge is -2.45. The van der Waals surface area contributed by atoms with E-state index in [9.17, 15) is 45.9 Å². The minimum Gasteiger partial charge on any atom is -0.462 e. The first-order chi connectivity index (χ1) is 15.2. The van der Waals surface area contributed by atoms with Crippen LogP contribution < -0.4 is 4.74 Å². The molecule has 2 heterocycles. The van der Waals surface area contributed by atoms with Gasteiger partial charge in [0.2, 0.25) is 6.29 Å². The van der Waals surface area contributed by atoms with Crippen molar-refractivity contribution in [2.45, 2.75) is 61.4 Å². The molecule has 10 atom stereocenters. The second-order valence-corrected chi connectivity index (χ2v) is 7.37. The fourth-order valence-corrected chi connectivity index (χ4v) is 3.43. The number of ether oxygens (including phenoxy) is 4. The van der Waals surface area contributed by atoms with Crippen molar-refractivity contribution in [3.05, 3.63) is 34.4 Å². The molecular formula is C18H25NO13. The van der Waals surface area contributed by atoms with Gasteiger partial charge in [0.15, 0.2) is 6.29 Å². The average molecular weight is 463 g/mol. The second kappa shape index (κ2) is 10.3. The molecule has 0 spiro atoms. The Bertz CT molecular complexity index is 760. The lowest BCUT2D eigenvalue weighted by molar-refractivity contribution is -0.384. The molecule has 0 bridgehead atoms. The van der Waals surface area contributed by atoms with Gasteiger partial charge in [-0.25, -0.2) is 0 Å². The number of benzene rings is 1. The molecule has 1 aromatic rings. The monoisotopic (exact) mass is 463 g/mol. The van der Waals surface area contributed by atoms with Crippen molar-refractivity contribution in [3.63, 3.8) is 0 Å². The number of aliphatic hydroxyl groups is 7. The van der Waals surface area contributed by atoms with Crippen LogP contribution in [0.5, 0.6) is 5.75 Å². The minimum atomic E-state index is -1.77. The summed E-state index contributed by atoms with van der Waals surface area (Å²) in [6.07, 6.45) is -15.7. The molecule has 1 aromatic carbocycles. The summed E-state index contributed by atoms with van der Waals surface area (Å²) in [5.41, 5.74) is -0.191. The Morgan fingerprint density at radius 3 is 1.94 bits per heavy atom. The normalized spacial score (nSPS) is 40.1. The summed E-state index contributed by atoms with van der Waals surface area (Å²) >= 11 is 0. The summed E-state index contributed by atoms with van der Waals surface area (Å²) in [5.74, 6) is 0.0804. The number of aliphatic hydroxyl groups excluding tert-OH is 7. The third-order valence-electron chi connectivity index (χ3n) is 5.26. The van der Waals surface area contributed by atoms with Gasteiger partial charge in [-0.15, -0.1) is 0 Å². The van der Waals surface area contributed by atoms with Crippen LogP contribution in [0.4, 0.5) is 5.69 Å². The third kappa shape index (κ3) is 4.99. The molecule has 0 saturated carbocycles. The van der Waals surface area contributed by atoms with Crippen LogP contribution in [0.25, 0.3) is 0 Å². The van der Waals surface area contributed by atoms with Crippen LogP contribution in [0.2, 0.25) is 0 Å². The zero-order valence-electron chi connectivity index (χ0n) is 16.5. The van der Waals surface area contributed by atoms with Gasteiger partial charge < -0.3 is 54.7 Å². The Balaban J connectivity index is 1.70. The number of hydrogen-bond acceptors (Lipinski definition) is 13. The maximum Gasteiger partial charge on any atom is 0.269 e. The molecule has 2 saturated heterocycles. The van der Waals surface area contributed by atoms with Crippen LogP contribution in [0.15, 0.2) is 24.3 Å². The standard InChI is InChI=1S/C18H25NO13/c20-5-9-11(22)12(23)14(25)18(30-9)32-16-10(6-21)31-17(15(26)13(16)24)29-8-3-1-7(2-4-8)19(27)28/h1-4,9-18,20-26H,5-6H2/t9-,10+,11+,12+,13+,14+,15+,16+,17+,18+/m1/s1. The quantitative estimate of drug-likeness (QED) is 0.155. The van der Waals surface area contributed by atoms with Gasteiger partial charge in [0.25, 0.3) is 5.69 Å². The molecular weight excluding hydrogens is 438 g/mol. The van der Waals surface area contributed by atoms with E-state index in [0.29, 0.717) is 0 Å². The van der Waals surface area contributed by atoms with E-state index < -0.39 is 79.5 Å². The van der Waals surface area contributed by atoms with Crippen molar-refractivity contribution >= 4 is 5.69 Å². The van der Waals surface area contributed by atoms with E-state index in [-0.39, 0.29) is 11.4 Å². The van der Waals surface area contributed by atoms with Gasteiger partial charge in [0.05, 0.1) is 18.1 Å². The summed E-state index contributed by atoms with van der Waals surface area (Å²) in [6.45, 7) is -1.42. The fraction of sp³-hybridized carbons (Fsp3) is 0.667. The molecule has 32 heavy (non-hydrogen) atoms. The highest BCUT2D eigenvalue weighted by atomic mass is 16.7. The molecule has 0 amide bonds. The molecule has 7 N–H and O–H groups in total. The number of rotatable bonds is 7. The predicted octanol–water partition coefficient (Wildman–Crippen LogP) is -3.40. The van der Waals surface area contributed by atoms with Crippen molar-refractivity contribution in [1.29, 1.82) is 0 Å². The highest BCUT2D eigenvalue weighted by Crippen LogP contribution is 2.30. The lowest BCUT2D eigenvalue weighted by atomic mass is 9.97. The number of nitro groups is 1. The summed E-state index contributed by atoms with van der Waals surface area (Å²) < 4.78 is 21.5. The first-order valence-corrected chi connectivity index (χ1v) is 9.67. The SMILES string of the molecule is O=[N+]([O-])c1ccc(O[C@H]2O[C@@H](CO)[C@H](O[C@@H]3O[C@H](CO)[C@H](O)[C@H](O)[C@@H]3O)[C@@H](O)[C@@H]2O)cc1. The van der Waals surface area contributed by atoms with Crippen LogP contribution in [0.1, 0.15) is 0 Å². The Hall–Kier alpha value is -1.98. The first kappa shape index (κ1) is 24.7. The number of hydrogen-bond donors (Lipinski definition) is 7. The van der Waals surface area contributed by atoms with E-state index in [1.165, 1.54) is 12.1 Å². The molecule has 0 unspecified atom stereocenters.